The average molecular weight is 239 g/mol. The molecule has 1 aliphatic rings. The first kappa shape index (κ1) is 12.0. The molecule has 2 unspecified atom stereocenters. The lowest BCUT2D eigenvalue weighted by Crippen LogP contribution is -2.47. The van der Waals surface area contributed by atoms with E-state index in [1.54, 1.807) is 0 Å². The molecule has 0 aliphatic carbocycles. The molecule has 1 aliphatic heterocycles. The minimum absolute atomic E-state index is 0.0752. The van der Waals surface area contributed by atoms with Crippen molar-refractivity contribution in [2.45, 2.75) is 45.2 Å². The molecule has 17 heavy (non-hydrogen) atoms. The van der Waals surface area contributed by atoms with Crippen molar-refractivity contribution in [1.82, 2.24) is 15.0 Å². The van der Waals surface area contributed by atoms with Crippen LogP contribution in [-0.4, -0.2) is 27.1 Å². The van der Waals surface area contributed by atoms with Crippen LogP contribution in [0.3, 0.4) is 0 Å². The molecule has 0 radical (unpaired) electrons. The van der Waals surface area contributed by atoms with Crippen LogP contribution in [0, 0.1) is 5.82 Å². The molecule has 0 aromatic carbocycles. The smallest absolute Gasteiger partial charge is 0.222 e. The van der Waals surface area contributed by atoms with Crippen LogP contribution < -0.4 is 11.2 Å². The van der Waals surface area contributed by atoms with E-state index in [2.05, 4.69) is 29.2 Å². The van der Waals surface area contributed by atoms with Crippen LogP contribution in [0.5, 0.6) is 0 Å². The molecule has 1 fully saturated rings. The third-order valence-electron chi connectivity index (χ3n) is 3.19. The van der Waals surface area contributed by atoms with Gasteiger partial charge in [0.25, 0.3) is 0 Å². The van der Waals surface area contributed by atoms with E-state index in [0.717, 1.165) is 19.0 Å². The standard InChI is InChI=1S/C11H18FN5/c1-7-4-3-5-8(2)17(7)16-10-9(12)6-14-11(13)15-10/h6-8H,3-5H2,1-2H3,(H3,13,14,15,16). The first-order valence-electron chi connectivity index (χ1n) is 5.91. The summed E-state index contributed by atoms with van der Waals surface area (Å²) >= 11 is 0. The summed E-state index contributed by atoms with van der Waals surface area (Å²) in [4.78, 5) is 7.48. The van der Waals surface area contributed by atoms with Crippen LogP contribution in [0.4, 0.5) is 16.2 Å². The van der Waals surface area contributed by atoms with Gasteiger partial charge in [0, 0.05) is 12.1 Å². The van der Waals surface area contributed by atoms with Gasteiger partial charge >= 0.3 is 0 Å². The largest absolute Gasteiger partial charge is 0.368 e. The fraction of sp³-hybridized carbons (Fsp3) is 0.636. The third-order valence-corrected chi connectivity index (χ3v) is 3.19. The highest BCUT2D eigenvalue weighted by Gasteiger charge is 2.25. The van der Waals surface area contributed by atoms with Gasteiger partial charge in [-0.2, -0.15) is 4.98 Å². The lowest BCUT2D eigenvalue weighted by molar-refractivity contribution is 0.134. The fourth-order valence-electron chi connectivity index (χ4n) is 2.22. The van der Waals surface area contributed by atoms with Gasteiger partial charge in [0.2, 0.25) is 5.95 Å². The molecule has 1 saturated heterocycles. The van der Waals surface area contributed by atoms with Crippen LogP contribution in [0.2, 0.25) is 0 Å². The summed E-state index contributed by atoms with van der Waals surface area (Å²) in [6, 6.07) is 0.712. The van der Waals surface area contributed by atoms with Gasteiger partial charge in [-0.3, -0.25) is 5.43 Å². The SMILES string of the molecule is CC1CCCC(C)N1Nc1nc(N)ncc1F. The number of hydrogen-bond donors (Lipinski definition) is 2. The number of hydrazine groups is 1. The fourth-order valence-corrected chi connectivity index (χ4v) is 2.22. The summed E-state index contributed by atoms with van der Waals surface area (Å²) in [5.41, 5.74) is 8.47. The van der Waals surface area contributed by atoms with Gasteiger partial charge in [0.15, 0.2) is 11.6 Å². The Kier molecular flexibility index (Phi) is 3.42. The van der Waals surface area contributed by atoms with Crippen molar-refractivity contribution in [1.29, 1.82) is 0 Å². The lowest BCUT2D eigenvalue weighted by Gasteiger charge is -2.39. The van der Waals surface area contributed by atoms with Gasteiger partial charge in [-0.25, -0.2) is 14.4 Å². The van der Waals surface area contributed by atoms with Crippen LogP contribution >= 0.6 is 0 Å². The van der Waals surface area contributed by atoms with E-state index in [1.165, 1.54) is 6.42 Å². The van der Waals surface area contributed by atoms with Crippen molar-refractivity contribution in [2.75, 3.05) is 11.2 Å². The molecule has 2 rings (SSSR count). The summed E-state index contributed by atoms with van der Waals surface area (Å²) in [5, 5.41) is 2.04. The number of nitrogens with two attached hydrogens (primary N) is 1. The van der Waals surface area contributed by atoms with Gasteiger partial charge in [-0.05, 0) is 26.7 Å². The van der Waals surface area contributed by atoms with Crippen LogP contribution in [0.25, 0.3) is 0 Å². The van der Waals surface area contributed by atoms with Crippen molar-refractivity contribution in [3.05, 3.63) is 12.0 Å². The molecule has 2 heterocycles. The summed E-state index contributed by atoms with van der Waals surface area (Å²) in [7, 11) is 0. The van der Waals surface area contributed by atoms with Crippen molar-refractivity contribution in [3.63, 3.8) is 0 Å². The van der Waals surface area contributed by atoms with Gasteiger partial charge in [-0.15, -0.1) is 0 Å². The molecular formula is C11H18FN5. The van der Waals surface area contributed by atoms with E-state index >= 15 is 0 Å². The van der Waals surface area contributed by atoms with Gasteiger partial charge in [0.1, 0.15) is 0 Å². The Morgan fingerprint density at radius 3 is 2.71 bits per heavy atom. The summed E-state index contributed by atoms with van der Waals surface area (Å²) in [5.74, 6) is -0.256. The van der Waals surface area contributed by atoms with Gasteiger partial charge in [-0.1, -0.05) is 6.42 Å². The van der Waals surface area contributed by atoms with Crippen LogP contribution in [-0.2, 0) is 0 Å². The second kappa shape index (κ2) is 4.83. The quantitative estimate of drug-likeness (QED) is 0.823. The van der Waals surface area contributed by atoms with Gasteiger partial charge in [0.05, 0.1) is 6.20 Å². The van der Waals surface area contributed by atoms with E-state index in [9.17, 15) is 4.39 Å². The maximum Gasteiger partial charge on any atom is 0.222 e. The monoisotopic (exact) mass is 239 g/mol. The topological polar surface area (TPSA) is 67.1 Å². The average Bonchev–Trinajstić information content (AvgIpc) is 2.28. The highest BCUT2D eigenvalue weighted by molar-refractivity contribution is 5.38. The predicted octanol–water partition coefficient (Wildman–Crippen LogP) is 1.79. The number of anilines is 2. The lowest BCUT2D eigenvalue weighted by atomic mass is 10.00. The number of nitrogens with zero attached hydrogens (tertiary/aromatic N) is 3. The van der Waals surface area contributed by atoms with Gasteiger partial charge < -0.3 is 5.73 Å². The Labute approximate surface area is 100 Å². The zero-order valence-corrected chi connectivity index (χ0v) is 10.2. The molecule has 0 bridgehead atoms. The van der Waals surface area contributed by atoms with Crippen molar-refractivity contribution < 1.29 is 4.39 Å². The number of hydrogen-bond acceptors (Lipinski definition) is 5. The zero-order valence-electron chi connectivity index (χ0n) is 10.2. The zero-order chi connectivity index (χ0) is 12.4. The van der Waals surface area contributed by atoms with E-state index < -0.39 is 5.82 Å². The maximum absolute atomic E-state index is 13.5. The van der Waals surface area contributed by atoms with Crippen LogP contribution in [0.1, 0.15) is 33.1 Å². The number of aromatic nitrogens is 2. The molecule has 0 amide bonds. The number of nitrogen functional groups attached to an aromatic ring is 1. The summed E-state index contributed by atoms with van der Waals surface area (Å²) in [6.07, 6.45) is 4.48. The number of rotatable bonds is 2. The molecule has 0 saturated carbocycles. The molecule has 2 atom stereocenters. The second-order valence-electron chi connectivity index (χ2n) is 4.57. The summed E-state index contributed by atoms with van der Waals surface area (Å²) in [6.45, 7) is 4.23. The molecule has 6 heteroatoms. The molecule has 0 spiro atoms. The van der Waals surface area contributed by atoms with E-state index in [0.29, 0.717) is 12.1 Å². The maximum atomic E-state index is 13.5. The molecule has 5 nitrogen and oxygen atoms in total. The Morgan fingerprint density at radius 2 is 2.06 bits per heavy atom. The number of nitrogens with one attached hydrogen (secondary N) is 1. The van der Waals surface area contributed by atoms with Crippen molar-refractivity contribution >= 4 is 11.8 Å². The Hall–Kier alpha value is -1.43. The first-order valence-corrected chi connectivity index (χ1v) is 5.91. The normalized spacial score (nSPS) is 25.8. The van der Waals surface area contributed by atoms with E-state index in [-0.39, 0.29) is 11.8 Å². The minimum atomic E-state index is -0.482. The first-order chi connectivity index (χ1) is 8.08. The number of halogens is 1. The van der Waals surface area contributed by atoms with Crippen molar-refractivity contribution in [2.24, 2.45) is 0 Å². The highest BCUT2D eigenvalue weighted by Crippen LogP contribution is 2.23. The van der Waals surface area contributed by atoms with Crippen LogP contribution in [0.15, 0.2) is 6.20 Å². The third kappa shape index (κ3) is 2.63. The Balaban J connectivity index is 2.16. The summed E-state index contributed by atoms with van der Waals surface area (Å²) < 4.78 is 13.5. The van der Waals surface area contributed by atoms with Crippen molar-refractivity contribution in [3.8, 4) is 0 Å². The Morgan fingerprint density at radius 1 is 1.41 bits per heavy atom. The minimum Gasteiger partial charge on any atom is -0.368 e. The molecule has 94 valence electrons. The van der Waals surface area contributed by atoms with E-state index in [4.69, 9.17) is 5.73 Å². The Bertz CT molecular complexity index is 387. The number of piperidine rings is 1. The second-order valence-corrected chi connectivity index (χ2v) is 4.57. The molecule has 3 N–H and O–H groups in total. The predicted molar refractivity (Wildman–Crippen MR) is 64.6 cm³/mol. The van der Waals surface area contributed by atoms with E-state index in [1.807, 2.05) is 5.01 Å². The molecule has 1 aromatic rings. The highest BCUT2D eigenvalue weighted by atomic mass is 19.1. The molecule has 1 aromatic heterocycles. The molecular weight excluding hydrogens is 221 g/mol.